The minimum atomic E-state index is -0.290. The van der Waals surface area contributed by atoms with Gasteiger partial charge >= 0.3 is 0 Å². The Labute approximate surface area is 82.1 Å². The van der Waals surface area contributed by atoms with Crippen molar-refractivity contribution in [3.05, 3.63) is 24.3 Å². The molecule has 1 unspecified atom stereocenters. The van der Waals surface area contributed by atoms with Gasteiger partial charge in [-0.05, 0) is 18.6 Å². The molecular formula is C10H13N3O. The molecular weight excluding hydrogens is 178 g/mol. The third kappa shape index (κ3) is 1.56. The molecule has 14 heavy (non-hydrogen) atoms. The maximum atomic E-state index is 5.68. The van der Waals surface area contributed by atoms with Crippen molar-refractivity contribution in [2.24, 2.45) is 5.73 Å². The summed E-state index contributed by atoms with van der Waals surface area (Å²) < 4.78 is 5.45. The van der Waals surface area contributed by atoms with E-state index in [1.54, 1.807) is 0 Å². The first-order valence-corrected chi connectivity index (χ1v) is 4.66. The van der Waals surface area contributed by atoms with Crippen molar-refractivity contribution in [3.63, 3.8) is 0 Å². The molecule has 0 radical (unpaired) electrons. The zero-order chi connectivity index (χ0) is 9.97. The Balaban J connectivity index is 2.33. The monoisotopic (exact) mass is 191 g/mol. The molecule has 1 aromatic heterocycles. The number of fused-ring (bicyclic) bond motifs is 1. The molecule has 0 fully saturated rings. The second-order valence-corrected chi connectivity index (χ2v) is 3.14. The second kappa shape index (κ2) is 3.67. The fourth-order valence-electron chi connectivity index (χ4n) is 1.25. The van der Waals surface area contributed by atoms with Gasteiger partial charge in [-0.25, -0.2) is 0 Å². The van der Waals surface area contributed by atoms with Crippen LogP contribution in [0, 0.1) is 0 Å². The maximum absolute atomic E-state index is 5.68. The smallest absolute Gasteiger partial charge is 0.242 e. The first kappa shape index (κ1) is 9.02. The summed E-state index contributed by atoms with van der Waals surface area (Å²) >= 11 is 0. The summed E-state index contributed by atoms with van der Waals surface area (Å²) in [4.78, 5) is 0. The predicted octanol–water partition coefficient (Wildman–Crippen LogP) is 1.64. The third-order valence-electron chi connectivity index (χ3n) is 2.10. The van der Waals surface area contributed by atoms with Gasteiger partial charge < -0.3 is 4.74 Å². The molecule has 0 saturated carbocycles. The van der Waals surface area contributed by atoms with Crippen molar-refractivity contribution in [3.8, 4) is 5.88 Å². The second-order valence-electron chi connectivity index (χ2n) is 3.14. The van der Waals surface area contributed by atoms with Gasteiger partial charge in [-0.1, -0.05) is 19.1 Å². The van der Waals surface area contributed by atoms with E-state index in [-0.39, 0.29) is 6.23 Å². The van der Waals surface area contributed by atoms with Crippen LogP contribution in [0.2, 0.25) is 0 Å². The van der Waals surface area contributed by atoms with Crippen LogP contribution in [-0.4, -0.2) is 16.4 Å². The summed E-state index contributed by atoms with van der Waals surface area (Å²) in [5.41, 5.74) is 6.64. The average molecular weight is 191 g/mol. The number of nitrogens with zero attached hydrogens (tertiary/aromatic N) is 1. The number of nitrogens with one attached hydrogen (secondary N) is 1. The Hall–Kier alpha value is -1.55. The molecule has 1 heterocycles. The molecule has 2 aromatic rings. The van der Waals surface area contributed by atoms with E-state index in [4.69, 9.17) is 10.5 Å². The van der Waals surface area contributed by atoms with Crippen LogP contribution in [0.3, 0.4) is 0 Å². The number of ether oxygens (including phenoxy) is 1. The van der Waals surface area contributed by atoms with Gasteiger partial charge in [0.25, 0.3) is 0 Å². The van der Waals surface area contributed by atoms with Crippen LogP contribution in [0.5, 0.6) is 5.88 Å². The molecule has 1 atom stereocenters. The molecule has 0 aliphatic carbocycles. The van der Waals surface area contributed by atoms with Crippen LogP contribution in [0.15, 0.2) is 24.3 Å². The lowest BCUT2D eigenvalue weighted by atomic mass is 10.2. The zero-order valence-corrected chi connectivity index (χ0v) is 8.03. The minimum Gasteiger partial charge on any atom is -0.457 e. The van der Waals surface area contributed by atoms with E-state index in [0.29, 0.717) is 5.88 Å². The van der Waals surface area contributed by atoms with E-state index in [9.17, 15) is 0 Å². The Bertz CT molecular complexity index is 424. The van der Waals surface area contributed by atoms with Crippen molar-refractivity contribution in [2.75, 3.05) is 0 Å². The third-order valence-corrected chi connectivity index (χ3v) is 2.10. The number of nitrogens with two attached hydrogens (primary N) is 1. The van der Waals surface area contributed by atoms with Gasteiger partial charge in [-0.2, -0.15) is 0 Å². The molecule has 1 aromatic carbocycles. The summed E-state index contributed by atoms with van der Waals surface area (Å²) in [6, 6.07) is 7.80. The molecule has 0 amide bonds. The normalized spacial score (nSPS) is 13.0. The molecule has 4 nitrogen and oxygen atoms in total. The van der Waals surface area contributed by atoms with Crippen molar-refractivity contribution in [1.82, 2.24) is 10.2 Å². The summed E-state index contributed by atoms with van der Waals surface area (Å²) in [6.07, 6.45) is 0.475. The Kier molecular flexibility index (Phi) is 2.37. The first-order chi connectivity index (χ1) is 6.81. The van der Waals surface area contributed by atoms with E-state index in [2.05, 4.69) is 10.2 Å². The zero-order valence-electron chi connectivity index (χ0n) is 8.03. The number of hydrogen-bond donors (Lipinski definition) is 2. The number of benzene rings is 1. The summed E-state index contributed by atoms with van der Waals surface area (Å²) in [7, 11) is 0. The lowest BCUT2D eigenvalue weighted by molar-refractivity contribution is 0.199. The number of aromatic nitrogens is 2. The molecule has 4 heteroatoms. The van der Waals surface area contributed by atoms with Crippen molar-refractivity contribution in [2.45, 2.75) is 19.6 Å². The van der Waals surface area contributed by atoms with Gasteiger partial charge in [0.05, 0.1) is 10.9 Å². The average Bonchev–Trinajstić information content (AvgIpc) is 2.62. The van der Waals surface area contributed by atoms with Crippen molar-refractivity contribution >= 4 is 10.9 Å². The van der Waals surface area contributed by atoms with Crippen LogP contribution in [0.25, 0.3) is 10.9 Å². The quantitative estimate of drug-likeness (QED) is 0.725. The predicted molar refractivity (Wildman–Crippen MR) is 55.0 cm³/mol. The number of para-hydroxylation sites is 1. The molecule has 2 rings (SSSR count). The topological polar surface area (TPSA) is 63.9 Å². The Morgan fingerprint density at radius 3 is 3.07 bits per heavy atom. The van der Waals surface area contributed by atoms with Gasteiger partial charge in [0.15, 0.2) is 0 Å². The Morgan fingerprint density at radius 2 is 2.29 bits per heavy atom. The maximum Gasteiger partial charge on any atom is 0.242 e. The number of hydrogen-bond acceptors (Lipinski definition) is 3. The fourth-order valence-corrected chi connectivity index (χ4v) is 1.25. The van der Waals surface area contributed by atoms with Crippen molar-refractivity contribution in [1.29, 1.82) is 0 Å². The van der Waals surface area contributed by atoms with Gasteiger partial charge in [-0.15, -0.1) is 5.10 Å². The summed E-state index contributed by atoms with van der Waals surface area (Å²) in [5.74, 6) is 0.579. The SMILES string of the molecule is CCC(N)Oc1n[nH]c2ccccc12. The Morgan fingerprint density at radius 1 is 1.50 bits per heavy atom. The van der Waals surface area contributed by atoms with Gasteiger partial charge in [0.2, 0.25) is 5.88 Å². The van der Waals surface area contributed by atoms with Crippen LogP contribution < -0.4 is 10.5 Å². The lowest BCUT2D eigenvalue weighted by Gasteiger charge is -2.09. The first-order valence-electron chi connectivity index (χ1n) is 4.66. The molecule has 0 spiro atoms. The molecule has 0 aliphatic heterocycles. The number of H-pyrrole nitrogens is 1. The highest BCUT2D eigenvalue weighted by atomic mass is 16.5. The van der Waals surface area contributed by atoms with Crippen LogP contribution in [0.4, 0.5) is 0 Å². The fraction of sp³-hybridized carbons (Fsp3) is 0.300. The van der Waals surface area contributed by atoms with E-state index >= 15 is 0 Å². The standard InChI is InChI=1S/C10H13N3O/c1-2-9(11)14-10-7-5-3-4-6-8(7)12-13-10/h3-6,9H,2,11H2,1H3,(H,12,13). The highest BCUT2D eigenvalue weighted by molar-refractivity contribution is 5.83. The highest BCUT2D eigenvalue weighted by Gasteiger charge is 2.08. The summed E-state index contributed by atoms with van der Waals surface area (Å²) in [6.45, 7) is 1.97. The van der Waals surface area contributed by atoms with Crippen LogP contribution >= 0.6 is 0 Å². The molecule has 0 bridgehead atoms. The summed E-state index contributed by atoms with van der Waals surface area (Å²) in [5, 5.41) is 7.91. The van der Waals surface area contributed by atoms with Crippen molar-refractivity contribution < 1.29 is 4.74 Å². The number of aromatic amines is 1. The van der Waals surface area contributed by atoms with E-state index in [1.807, 2.05) is 31.2 Å². The largest absolute Gasteiger partial charge is 0.457 e. The van der Waals surface area contributed by atoms with Gasteiger partial charge in [0.1, 0.15) is 6.23 Å². The molecule has 0 aliphatic rings. The minimum absolute atomic E-state index is 0.290. The molecule has 3 N–H and O–H groups in total. The van der Waals surface area contributed by atoms with Gasteiger partial charge in [-0.3, -0.25) is 10.8 Å². The molecule has 0 saturated heterocycles. The highest BCUT2D eigenvalue weighted by Crippen LogP contribution is 2.22. The van der Waals surface area contributed by atoms with E-state index in [0.717, 1.165) is 17.3 Å². The van der Waals surface area contributed by atoms with E-state index < -0.39 is 0 Å². The lowest BCUT2D eigenvalue weighted by Crippen LogP contribution is -2.26. The molecule has 74 valence electrons. The number of rotatable bonds is 3. The van der Waals surface area contributed by atoms with Crippen LogP contribution in [-0.2, 0) is 0 Å². The van der Waals surface area contributed by atoms with Gasteiger partial charge in [0, 0.05) is 0 Å². The van der Waals surface area contributed by atoms with Crippen LogP contribution in [0.1, 0.15) is 13.3 Å². The van der Waals surface area contributed by atoms with E-state index in [1.165, 1.54) is 0 Å².